The molecule has 0 unspecified atom stereocenters. The van der Waals surface area contributed by atoms with Crippen LogP contribution in [0.15, 0.2) is 5.38 Å². The number of nitrogens with zero attached hydrogens (tertiary/aromatic N) is 2. The molecule has 0 aliphatic heterocycles. The molecule has 0 aliphatic rings. The normalized spacial score (nSPS) is 10.5. The van der Waals surface area contributed by atoms with Gasteiger partial charge in [0, 0.05) is 5.38 Å². The molecule has 2 heterocycles. The maximum atomic E-state index is 11.9. The number of nitrogens with one attached hydrogen (secondary N) is 1. The van der Waals surface area contributed by atoms with Gasteiger partial charge in [0.15, 0.2) is 0 Å². The third-order valence-electron chi connectivity index (χ3n) is 2.44. The Morgan fingerprint density at radius 1 is 1.47 bits per heavy atom. The standard InChI is InChI=1S/C12H15N3O2S2/c1-4-17-12(16)10-7(2)15-19-11(10)13-5-9-6-18-8(3)14-9/h6,13H,4-5H2,1-3H3. The van der Waals surface area contributed by atoms with Crippen molar-refractivity contribution in [2.45, 2.75) is 27.3 Å². The molecule has 1 N–H and O–H groups in total. The van der Waals surface area contributed by atoms with Gasteiger partial charge in [0.25, 0.3) is 0 Å². The Hall–Kier alpha value is -1.47. The number of carbonyl (C=O) groups excluding carboxylic acids is 1. The van der Waals surface area contributed by atoms with Crippen LogP contribution >= 0.6 is 22.9 Å². The topological polar surface area (TPSA) is 64.1 Å². The van der Waals surface area contributed by atoms with Crippen molar-refractivity contribution in [3.63, 3.8) is 0 Å². The van der Waals surface area contributed by atoms with E-state index < -0.39 is 0 Å². The molecular formula is C12H15N3O2S2. The third-order valence-corrected chi connectivity index (χ3v) is 4.16. The fraction of sp³-hybridized carbons (Fsp3) is 0.417. The van der Waals surface area contributed by atoms with Gasteiger partial charge in [-0.3, -0.25) is 0 Å². The number of hydrogen-bond donors (Lipinski definition) is 1. The van der Waals surface area contributed by atoms with E-state index in [-0.39, 0.29) is 5.97 Å². The van der Waals surface area contributed by atoms with Crippen molar-refractivity contribution in [2.75, 3.05) is 11.9 Å². The van der Waals surface area contributed by atoms with Crippen LogP contribution < -0.4 is 5.32 Å². The maximum Gasteiger partial charge on any atom is 0.343 e. The lowest BCUT2D eigenvalue weighted by Gasteiger charge is -2.05. The number of hydrogen-bond acceptors (Lipinski definition) is 7. The maximum absolute atomic E-state index is 11.9. The number of ether oxygens (including phenoxy) is 1. The average Bonchev–Trinajstić information content (AvgIpc) is 2.93. The zero-order valence-corrected chi connectivity index (χ0v) is 12.7. The third kappa shape index (κ3) is 3.30. The molecule has 0 saturated heterocycles. The highest BCUT2D eigenvalue weighted by atomic mass is 32.1. The van der Waals surface area contributed by atoms with Gasteiger partial charge in [0.2, 0.25) is 0 Å². The van der Waals surface area contributed by atoms with E-state index in [2.05, 4.69) is 14.7 Å². The second-order valence-corrected chi connectivity index (χ2v) is 5.74. The van der Waals surface area contributed by atoms with Gasteiger partial charge in [-0.25, -0.2) is 9.78 Å². The highest BCUT2D eigenvalue weighted by Gasteiger charge is 2.19. The van der Waals surface area contributed by atoms with Gasteiger partial charge >= 0.3 is 5.97 Å². The molecule has 7 heteroatoms. The van der Waals surface area contributed by atoms with Gasteiger partial charge < -0.3 is 10.1 Å². The molecule has 0 radical (unpaired) electrons. The van der Waals surface area contributed by atoms with Crippen LogP contribution in [0.25, 0.3) is 0 Å². The van der Waals surface area contributed by atoms with Crippen molar-refractivity contribution >= 4 is 33.8 Å². The van der Waals surface area contributed by atoms with Crippen LogP contribution in [0, 0.1) is 13.8 Å². The molecule has 0 aliphatic carbocycles. The number of thiazole rings is 1. The summed E-state index contributed by atoms with van der Waals surface area (Å²) in [4.78, 5) is 16.2. The van der Waals surface area contributed by atoms with Crippen LogP contribution in [-0.2, 0) is 11.3 Å². The van der Waals surface area contributed by atoms with Crippen LogP contribution in [0.1, 0.15) is 33.7 Å². The van der Waals surface area contributed by atoms with E-state index in [1.807, 2.05) is 12.3 Å². The Morgan fingerprint density at radius 2 is 2.26 bits per heavy atom. The Kier molecular flexibility index (Phi) is 4.49. The van der Waals surface area contributed by atoms with Crippen molar-refractivity contribution in [3.05, 3.63) is 27.3 Å². The number of rotatable bonds is 5. The Labute approximate surface area is 119 Å². The lowest BCUT2D eigenvalue weighted by Crippen LogP contribution is -2.09. The van der Waals surface area contributed by atoms with Crippen LogP contribution in [0.5, 0.6) is 0 Å². The molecule has 0 aromatic carbocycles. The fourth-order valence-corrected chi connectivity index (χ4v) is 2.99. The monoisotopic (exact) mass is 297 g/mol. The number of anilines is 1. The first kappa shape index (κ1) is 14.0. The van der Waals surface area contributed by atoms with E-state index in [9.17, 15) is 4.79 Å². The summed E-state index contributed by atoms with van der Waals surface area (Å²) in [6.45, 7) is 6.51. The molecular weight excluding hydrogens is 282 g/mol. The molecule has 0 fully saturated rings. The fourth-order valence-electron chi connectivity index (χ4n) is 1.59. The smallest absolute Gasteiger partial charge is 0.343 e. The summed E-state index contributed by atoms with van der Waals surface area (Å²) in [5.74, 6) is -0.328. The lowest BCUT2D eigenvalue weighted by molar-refractivity contribution is 0.0527. The van der Waals surface area contributed by atoms with E-state index in [1.165, 1.54) is 11.5 Å². The van der Waals surface area contributed by atoms with Crippen molar-refractivity contribution < 1.29 is 9.53 Å². The summed E-state index contributed by atoms with van der Waals surface area (Å²) < 4.78 is 9.24. The van der Waals surface area contributed by atoms with Crippen molar-refractivity contribution in [1.82, 2.24) is 9.36 Å². The van der Waals surface area contributed by atoms with Crippen LogP contribution in [0.4, 0.5) is 5.00 Å². The van der Waals surface area contributed by atoms with Crippen LogP contribution in [-0.4, -0.2) is 21.9 Å². The Morgan fingerprint density at radius 3 is 2.89 bits per heavy atom. The molecule has 0 saturated carbocycles. The quantitative estimate of drug-likeness (QED) is 0.859. The van der Waals surface area contributed by atoms with Crippen molar-refractivity contribution in [2.24, 2.45) is 0 Å². The lowest BCUT2D eigenvalue weighted by atomic mass is 10.2. The van der Waals surface area contributed by atoms with Gasteiger partial charge in [-0.1, -0.05) is 0 Å². The van der Waals surface area contributed by atoms with Crippen molar-refractivity contribution in [3.8, 4) is 0 Å². The Balaban J connectivity index is 2.10. The molecule has 2 aromatic heterocycles. The molecule has 2 rings (SSSR count). The second-order valence-electron chi connectivity index (χ2n) is 3.90. The zero-order valence-electron chi connectivity index (χ0n) is 11.0. The largest absolute Gasteiger partial charge is 0.462 e. The zero-order chi connectivity index (χ0) is 13.8. The molecule has 2 aromatic rings. The highest BCUT2D eigenvalue weighted by Crippen LogP contribution is 2.26. The predicted molar refractivity (Wildman–Crippen MR) is 77.0 cm³/mol. The van der Waals surface area contributed by atoms with E-state index in [0.29, 0.717) is 24.4 Å². The highest BCUT2D eigenvalue weighted by molar-refractivity contribution is 7.10. The molecule has 102 valence electrons. The second kappa shape index (κ2) is 6.12. The van der Waals surface area contributed by atoms with Gasteiger partial charge in [-0.15, -0.1) is 11.3 Å². The number of carbonyl (C=O) groups is 1. The SMILES string of the molecule is CCOC(=O)c1c(C)nsc1NCc1csc(C)n1. The summed E-state index contributed by atoms with van der Waals surface area (Å²) >= 11 is 2.88. The molecule has 19 heavy (non-hydrogen) atoms. The predicted octanol–water partition coefficient (Wildman–Crippen LogP) is 3.01. The van der Waals surface area contributed by atoms with Crippen LogP contribution in [0.3, 0.4) is 0 Å². The summed E-state index contributed by atoms with van der Waals surface area (Å²) in [6.07, 6.45) is 0. The average molecular weight is 297 g/mol. The molecule has 0 atom stereocenters. The van der Waals surface area contributed by atoms with Crippen molar-refractivity contribution in [1.29, 1.82) is 0 Å². The van der Waals surface area contributed by atoms with Gasteiger partial charge in [0.05, 0.1) is 29.5 Å². The Bertz CT molecular complexity index is 577. The minimum Gasteiger partial charge on any atom is -0.462 e. The van der Waals surface area contributed by atoms with Gasteiger partial charge in [-0.05, 0) is 32.3 Å². The first-order valence-corrected chi connectivity index (χ1v) is 7.55. The molecule has 0 spiro atoms. The van der Waals surface area contributed by atoms with E-state index in [0.717, 1.165) is 15.7 Å². The summed E-state index contributed by atoms with van der Waals surface area (Å²) in [7, 11) is 0. The van der Waals surface area contributed by atoms with Crippen LogP contribution in [0.2, 0.25) is 0 Å². The summed E-state index contributed by atoms with van der Waals surface area (Å²) in [5.41, 5.74) is 2.18. The minimum atomic E-state index is -0.328. The number of esters is 1. The van der Waals surface area contributed by atoms with E-state index in [4.69, 9.17) is 4.74 Å². The van der Waals surface area contributed by atoms with Gasteiger partial charge in [0.1, 0.15) is 10.6 Å². The number of aryl methyl sites for hydroxylation is 2. The first-order chi connectivity index (χ1) is 9.11. The number of aromatic nitrogens is 2. The van der Waals surface area contributed by atoms with E-state index in [1.54, 1.807) is 25.2 Å². The summed E-state index contributed by atoms with van der Waals surface area (Å²) in [6, 6.07) is 0. The van der Waals surface area contributed by atoms with E-state index >= 15 is 0 Å². The molecule has 0 bridgehead atoms. The molecule has 5 nitrogen and oxygen atoms in total. The molecule has 0 amide bonds. The summed E-state index contributed by atoms with van der Waals surface area (Å²) in [5, 5.41) is 6.97. The minimum absolute atomic E-state index is 0.328. The first-order valence-electron chi connectivity index (χ1n) is 5.90. The van der Waals surface area contributed by atoms with Gasteiger partial charge in [-0.2, -0.15) is 4.37 Å².